The lowest BCUT2D eigenvalue weighted by Gasteiger charge is -2.13. The van der Waals surface area contributed by atoms with Crippen molar-refractivity contribution in [3.05, 3.63) is 200 Å². The molecule has 0 N–H and O–H groups in total. The molecule has 0 saturated carbocycles. The van der Waals surface area contributed by atoms with Gasteiger partial charge in [-0.2, -0.15) is 0 Å². The first-order valence-corrected chi connectivity index (χ1v) is 19.6. The average Bonchev–Trinajstić information content (AvgIpc) is 3.82. The van der Waals surface area contributed by atoms with Gasteiger partial charge in [0.05, 0.1) is 55.9 Å². The average molecular weight is 740 g/mol. The van der Waals surface area contributed by atoms with E-state index in [0.29, 0.717) is 0 Å². The van der Waals surface area contributed by atoms with Gasteiger partial charge in [-0.25, -0.2) is 9.97 Å². The topological polar surface area (TPSA) is 48.5 Å². The number of aromatic nitrogens is 5. The van der Waals surface area contributed by atoms with E-state index < -0.39 is 0 Å². The number of hydrogen-bond donors (Lipinski definition) is 0. The fourth-order valence-electron chi connectivity index (χ4n) is 8.92. The fraction of sp³-hybridized carbons (Fsp3) is 0. The van der Waals surface area contributed by atoms with Gasteiger partial charge in [-0.1, -0.05) is 133 Å². The van der Waals surface area contributed by atoms with Crippen molar-refractivity contribution in [1.82, 2.24) is 24.1 Å². The molecule has 0 aliphatic heterocycles. The zero-order valence-electron chi connectivity index (χ0n) is 31.3. The van der Waals surface area contributed by atoms with Crippen LogP contribution in [-0.2, 0) is 0 Å². The van der Waals surface area contributed by atoms with Gasteiger partial charge in [0.1, 0.15) is 0 Å². The van der Waals surface area contributed by atoms with Gasteiger partial charge in [0, 0.05) is 60.9 Å². The molecule has 12 aromatic rings. The molecule has 12 rings (SSSR count). The summed E-state index contributed by atoms with van der Waals surface area (Å²) in [5.74, 6) is 0. The minimum atomic E-state index is 0.914. The van der Waals surface area contributed by atoms with Crippen molar-refractivity contribution in [3.63, 3.8) is 0 Å². The van der Waals surface area contributed by atoms with Crippen LogP contribution in [0.15, 0.2) is 200 Å². The Morgan fingerprint density at radius 1 is 0.328 bits per heavy atom. The summed E-state index contributed by atoms with van der Waals surface area (Å²) in [5, 5.41) is 7.05. The molecule has 0 atom stereocenters. The van der Waals surface area contributed by atoms with Crippen molar-refractivity contribution >= 4 is 65.4 Å². The third kappa shape index (κ3) is 5.00. The van der Waals surface area contributed by atoms with Crippen molar-refractivity contribution in [2.24, 2.45) is 0 Å². The van der Waals surface area contributed by atoms with Gasteiger partial charge in [-0.05, 0) is 60.7 Å². The van der Waals surface area contributed by atoms with Gasteiger partial charge >= 0.3 is 0 Å². The second-order valence-corrected chi connectivity index (χ2v) is 14.8. The van der Waals surface area contributed by atoms with E-state index in [2.05, 4.69) is 197 Å². The first-order chi connectivity index (χ1) is 28.8. The fourth-order valence-corrected chi connectivity index (χ4v) is 8.92. The van der Waals surface area contributed by atoms with Crippen molar-refractivity contribution in [2.75, 3.05) is 0 Å². The van der Waals surface area contributed by atoms with Crippen LogP contribution in [0.1, 0.15) is 0 Å². The first kappa shape index (κ1) is 32.4. The molecule has 5 heteroatoms. The van der Waals surface area contributed by atoms with Crippen LogP contribution in [-0.4, -0.2) is 24.1 Å². The second-order valence-electron chi connectivity index (χ2n) is 14.8. The molecule has 0 unspecified atom stereocenters. The van der Waals surface area contributed by atoms with Crippen molar-refractivity contribution in [1.29, 1.82) is 0 Å². The van der Waals surface area contributed by atoms with Crippen molar-refractivity contribution in [2.45, 2.75) is 0 Å². The predicted octanol–water partition coefficient (Wildman–Crippen LogP) is 13.4. The van der Waals surface area contributed by atoms with Crippen molar-refractivity contribution in [3.8, 4) is 45.1 Å². The van der Waals surface area contributed by atoms with Crippen LogP contribution in [0, 0.1) is 0 Å². The van der Waals surface area contributed by atoms with Crippen LogP contribution in [0.3, 0.4) is 0 Å². The number of rotatable bonds is 5. The summed E-state index contributed by atoms with van der Waals surface area (Å²) < 4.78 is 4.83. The van der Waals surface area contributed by atoms with E-state index in [1.807, 2.05) is 12.3 Å². The zero-order chi connectivity index (χ0) is 38.2. The molecule has 0 amide bonds. The number of fused-ring (bicyclic) bond motifs is 10. The molecular weight excluding hydrogens is 707 g/mol. The molecule has 5 nitrogen and oxygen atoms in total. The number of benzene rings is 7. The first-order valence-electron chi connectivity index (χ1n) is 19.6. The lowest BCUT2D eigenvalue weighted by atomic mass is 10.1. The second kappa shape index (κ2) is 12.8. The molecule has 0 aliphatic carbocycles. The molecule has 0 spiro atoms. The molecule has 0 bridgehead atoms. The molecule has 5 aromatic heterocycles. The Hall–Kier alpha value is -7.89. The SMILES string of the molecule is c1ccc(-c2cc(-n3c4ccccc4c4c5c6ccccc6n(-c6cccc(-c7ccc8ccc9cccnc9c8n7)c6)c5ccc43)cc(-c3ccccc3)n2)cc1. The zero-order valence-corrected chi connectivity index (χ0v) is 31.3. The van der Waals surface area contributed by atoms with Crippen LogP contribution >= 0.6 is 0 Å². The van der Waals surface area contributed by atoms with E-state index in [1.54, 1.807) is 0 Å². The number of pyridine rings is 3. The highest BCUT2D eigenvalue weighted by molar-refractivity contribution is 6.29. The summed E-state index contributed by atoms with van der Waals surface area (Å²) in [6, 6.07) is 68.9. The van der Waals surface area contributed by atoms with Crippen LogP contribution < -0.4 is 0 Å². The minimum absolute atomic E-state index is 0.914. The maximum atomic E-state index is 5.20. The quantitative estimate of drug-likeness (QED) is 0.165. The van der Waals surface area contributed by atoms with Gasteiger partial charge in [0.2, 0.25) is 0 Å². The van der Waals surface area contributed by atoms with Gasteiger partial charge in [0.15, 0.2) is 0 Å². The monoisotopic (exact) mass is 739 g/mol. The molecule has 5 heterocycles. The van der Waals surface area contributed by atoms with E-state index in [-0.39, 0.29) is 0 Å². The van der Waals surface area contributed by atoms with Crippen LogP contribution in [0.5, 0.6) is 0 Å². The predicted molar refractivity (Wildman–Crippen MR) is 240 cm³/mol. The van der Waals surface area contributed by atoms with E-state index >= 15 is 0 Å². The van der Waals surface area contributed by atoms with E-state index in [1.165, 1.54) is 21.5 Å². The van der Waals surface area contributed by atoms with E-state index in [9.17, 15) is 0 Å². The molecule has 0 radical (unpaired) electrons. The Balaban J connectivity index is 1.10. The summed E-state index contributed by atoms with van der Waals surface area (Å²) >= 11 is 0. The van der Waals surface area contributed by atoms with Gasteiger partial charge in [-0.15, -0.1) is 0 Å². The smallest absolute Gasteiger partial charge is 0.0972 e. The molecule has 58 heavy (non-hydrogen) atoms. The van der Waals surface area contributed by atoms with Crippen LogP contribution in [0.4, 0.5) is 0 Å². The minimum Gasteiger partial charge on any atom is -0.309 e. The maximum absolute atomic E-state index is 5.20. The molecule has 270 valence electrons. The molecule has 0 aliphatic rings. The van der Waals surface area contributed by atoms with Gasteiger partial charge < -0.3 is 9.13 Å². The summed E-state index contributed by atoms with van der Waals surface area (Å²) in [5.41, 5.74) is 14.6. The third-order valence-electron chi connectivity index (χ3n) is 11.5. The van der Waals surface area contributed by atoms with Gasteiger partial charge in [0.25, 0.3) is 0 Å². The summed E-state index contributed by atoms with van der Waals surface area (Å²) in [4.78, 5) is 15.1. The Labute approximate surface area is 333 Å². The van der Waals surface area contributed by atoms with Crippen LogP contribution in [0.25, 0.3) is 111 Å². The largest absolute Gasteiger partial charge is 0.309 e. The third-order valence-corrected chi connectivity index (χ3v) is 11.5. The molecule has 7 aromatic carbocycles. The molecule has 0 saturated heterocycles. The molecule has 0 fully saturated rings. The highest BCUT2D eigenvalue weighted by Gasteiger charge is 2.21. The Kier molecular flexibility index (Phi) is 7.16. The summed E-state index contributed by atoms with van der Waals surface area (Å²) in [6.07, 6.45) is 1.84. The van der Waals surface area contributed by atoms with Crippen LogP contribution in [0.2, 0.25) is 0 Å². The van der Waals surface area contributed by atoms with E-state index in [4.69, 9.17) is 15.0 Å². The maximum Gasteiger partial charge on any atom is 0.0972 e. The highest BCUT2D eigenvalue weighted by atomic mass is 15.0. The Bertz CT molecular complexity index is 3510. The number of nitrogens with zero attached hydrogens (tertiary/aromatic N) is 5. The number of hydrogen-bond acceptors (Lipinski definition) is 3. The highest BCUT2D eigenvalue weighted by Crippen LogP contribution is 2.43. The standard InChI is InChI=1S/C53H33N5/c1-3-13-34(14-4-1)44-32-40(33-45(55-44)35-15-5-2-6-16-35)58-47-23-10-8-21-42(47)51-49(58)29-28-48-50(51)41-20-7-9-22-46(41)57(48)39-19-11-17-38(31-39)43-27-26-37-25-24-36-18-12-30-54-52(36)53(37)56-43/h1-33H. The van der Waals surface area contributed by atoms with E-state index in [0.717, 1.165) is 89.0 Å². The lowest BCUT2D eigenvalue weighted by Crippen LogP contribution is -1.98. The Morgan fingerprint density at radius 2 is 0.879 bits per heavy atom. The molecular formula is C53H33N5. The summed E-state index contributed by atoms with van der Waals surface area (Å²) in [7, 11) is 0. The number of para-hydroxylation sites is 2. The normalized spacial score (nSPS) is 11.8. The van der Waals surface area contributed by atoms with Gasteiger partial charge in [-0.3, -0.25) is 4.98 Å². The lowest BCUT2D eigenvalue weighted by molar-refractivity contribution is 1.16. The summed E-state index contributed by atoms with van der Waals surface area (Å²) in [6.45, 7) is 0. The van der Waals surface area contributed by atoms with Crippen molar-refractivity contribution < 1.29 is 0 Å². The Morgan fingerprint density at radius 3 is 1.53 bits per heavy atom.